The van der Waals surface area contributed by atoms with Crippen molar-refractivity contribution in [1.82, 2.24) is 0 Å². The van der Waals surface area contributed by atoms with Crippen LogP contribution in [0.25, 0.3) is 0 Å². The summed E-state index contributed by atoms with van der Waals surface area (Å²) in [6, 6.07) is 7.70. The Bertz CT molecular complexity index is 424. The summed E-state index contributed by atoms with van der Waals surface area (Å²) in [6.07, 6.45) is 2.12. The lowest BCUT2D eigenvalue weighted by molar-refractivity contribution is -0.139. The Kier molecular flexibility index (Phi) is 3.87. The van der Waals surface area contributed by atoms with Crippen LogP contribution in [0.1, 0.15) is 24.8 Å². The van der Waals surface area contributed by atoms with Crippen molar-refractivity contribution in [3.63, 3.8) is 0 Å². The van der Waals surface area contributed by atoms with Gasteiger partial charge in [0.2, 0.25) is 0 Å². The minimum absolute atomic E-state index is 0.106. The molecule has 18 heavy (non-hydrogen) atoms. The van der Waals surface area contributed by atoms with E-state index < -0.39 is 5.97 Å². The Hall–Kier alpha value is -1.55. The first-order valence-electron chi connectivity index (χ1n) is 6.06. The largest absolute Gasteiger partial charge is 0.497 e. The highest BCUT2D eigenvalue weighted by atomic mass is 16.5. The molecule has 1 fully saturated rings. The number of hydrogen-bond acceptors (Lipinski definition) is 3. The molecule has 0 bridgehead atoms. The second-order valence-electron chi connectivity index (χ2n) is 4.91. The number of ether oxygens (including phenoxy) is 2. The van der Waals surface area contributed by atoms with Gasteiger partial charge < -0.3 is 14.6 Å². The molecule has 4 nitrogen and oxygen atoms in total. The number of aliphatic carboxylic acids is 1. The normalized spacial score (nSPS) is 16.3. The van der Waals surface area contributed by atoms with Crippen LogP contribution in [0.5, 0.6) is 5.75 Å². The Morgan fingerprint density at radius 3 is 2.83 bits per heavy atom. The van der Waals surface area contributed by atoms with Crippen molar-refractivity contribution < 1.29 is 19.4 Å². The van der Waals surface area contributed by atoms with Crippen LogP contribution >= 0.6 is 0 Å². The quantitative estimate of drug-likeness (QED) is 0.807. The maximum absolute atomic E-state index is 10.7. The van der Waals surface area contributed by atoms with Crippen LogP contribution in [0, 0.1) is 5.41 Å². The maximum atomic E-state index is 10.7. The fourth-order valence-corrected chi connectivity index (χ4v) is 2.02. The predicted octanol–water partition coefficient (Wildman–Crippen LogP) is 2.47. The molecule has 0 atom stereocenters. The molecule has 0 spiro atoms. The third-order valence-corrected chi connectivity index (χ3v) is 3.29. The molecule has 0 unspecified atom stereocenters. The van der Waals surface area contributed by atoms with Crippen molar-refractivity contribution in [2.45, 2.75) is 25.9 Å². The summed E-state index contributed by atoms with van der Waals surface area (Å²) in [6.45, 7) is 1.02. The molecule has 0 aromatic heterocycles. The Morgan fingerprint density at radius 1 is 1.44 bits per heavy atom. The van der Waals surface area contributed by atoms with Gasteiger partial charge in [-0.1, -0.05) is 12.1 Å². The van der Waals surface area contributed by atoms with Gasteiger partial charge in [0.05, 0.1) is 26.7 Å². The summed E-state index contributed by atoms with van der Waals surface area (Å²) in [5.74, 6) is 0.0697. The van der Waals surface area contributed by atoms with Gasteiger partial charge in [0.25, 0.3) is 0 Å². The molecule has 0 saturated heterocycles. The number of hydrogen-bond donors (Lipinski definition) is 1. The van der Waals surface area contributed by atoms with Gasteiger partial charge in [-0.25, -0.2) is 0 Å². The van der Waals surface area contributed by atoms with Gasteiger partial charge in [-0.15, -0.1) is 0 Å². The summed E-state index contributed by atoms with van der Waals surface area (Å²) in [5.41, 5.74) is 0.936. The Morgan fingerprint density at radius 2 is 2.22 bits per heavy atom. The third-order valence-electron chi connectivity index (χ3n) is 3.29. The van der Waals surface area contributed by atoms with Gasteiger partial charge >= 0.3 is 5.97 Å². The van der Waals surface area contributed by atoms with Crippen LogP contribution in [-0.4, -0.2) is 24.8 Å². The first kappa shape index (κ1) is 12.9. The predicted molar refractivity (Wildman–Crippen MR) is 66.6 cm³/mol. The number of carboxylic acid groups (broad SMARTS) is 1. The van der Waals surface area contributed by atoms with E-state index in [1.165, 1.54) is 0 Å². The van der Waals surface area contributed by atoms with Crippen molar-refractivity contribution in [2.24, 2.45) is 5.41 Å². The first-order valence-corrected chi connectivity index (χ1v) is 6.06. The molecule has 0 aliphatic heterocycles. The van der Waals surface area contributed by atoms with E-state index in [0.717, 1.165) is 24.2 Å². The summed E-state index contributed by atoms with van der Waals surface area (Å²) in [7, 11) is 1.63. The molecule has 0 amide bonds. The van der Waals surface area contributed by atoms with E-state index in [1.807, 2.05) is 24.3 Å². The molecule has 1 aromatic carbocycles. The Labute approximate surface area is 107 Å². The summed E-state index contributed by atoms with van der Waals surface area (Å²) in [5, 5.41) is 8.80. The molecule has 1 aromatic rings. The van der Waals surface area contributed by atoms with E-state index in [4.69, 9.17) is 14.6 Å². The number of methoxy groups -OCH3 is 1. The third kappa shape index (κ3) is 3.47. The molecule has 1 aliphatic carbocycles. The zero-order valence-electron chi connectivity index (χ0n) is 10.5. The maximum Gasteiger partial charge on any atom is 0.303 e. The highest BCUT2D eigenvalue weighted by Crippen LogP contribution is 2.49. The van der Waals surface area contributed by atoms with Crippen molar-refractivity contribution in [1.29, 1.82) is 0 Å². The molecule has 1 saturated carbocycles. The second-order valence-corrected chi connectivity index (χ2v) is 4.91. The fraction of sp³-hybridized carbons (Fsp3) is 0.500. The van der Waals surface area contributed by atoms with Gasteiger partial charge in [0.15, 0.2) is 0 Å². The molecule has 1 N–H and O–H groups in total. The number of carbonyl (C=O) groups is 1. The fourth-order valence-electron chi connectivity index (χ4n) is 2.02. The van der Waals surface area contributed by atoms with Gasteiger partial charge in [-0.05, 0) is 30.5 Å². The average Bonchev–Trinajstić information content (AvgIpc) is 3.08. The van der Waals surface area contributed by atoms with Gasteiger partial charge in [-0.3, -0.25) is 4.79 Å². The number of benzene rings is 1. The standard InChI is InChI=1S/C14H18O4/c1-17-12-4-2-3-11(7-12)9-18-10-14(5-6-14)8-13(15)16/h2-4,7H,5-6,8-10H2,1H3,(H,15,16). The van der Waals surface area contributed by atoms with E-state index in [9.17, 15) is 4.79 Å². The zero-order chi connectivity index (χ0) is 13.0. The lowest BCUT2D eigenvalue weighted by Gasteiger charge is -2.13. The summed E-state index contributed by atoms with van der Waals surface area (Å²) >= 11 is 0. The number of rotatable bonds is 7. The highest BCUT2D eigenvalue weighted by Gasteiger charge is 2.44. The molecule has 0 radical (unpaired) electrons. The van der Waals surface area contributed by atoms with E-state index >= 15 is 0 Å². The average molecular weight is 250 g/mol. The lowest BCUT2D eigenvalue weighted by atomic mass is 10.0. The van der Waals surface area contributed by atoms with Crippen LogP contribution in [0.15, 0.2) is 24.3 Å². The lowest BCUT2D eigenvalue weighted by Crippen LogP contribution is -2.15. The molecular formula is C14H18O4. The van der Waals surface area contributed by atoms with E-state index in [0.29, 0.717) is 13.2 Å². The smallest absolute Gasteiger partial charge is 0.303 e. The topological polar surface area (TPSA) is 55.8 Å². The molecule has 4 heteroatoms. The molecular weight excluding hydrogens is 232 g/mol. The van der Waals surface area contributed by atoms with Crippen molar-refractivity contribution in [3.05, 3.63) is 29.8 Å². The highest BCUT2D eigenvalue weighted by molar-refractivity contribution is 5.68. The number of carboxylic acids is 1. The summed E-state index contributed by atoms with van der Waals surface area (Å²) < 4.78 is 10.8. The monoisotopic (exact) mass is 250 g/mol. The Balaban J connectivity index is 1.80. The minimum atomic E-state index is -0.738. The SMILES string of the molecule is COc1cccc(COCC2(CC(=O)O)CC2)c1. The zero-order valence-corrected chi connectivity index (χ0v) is 10.5. The molecule has 1 aliphatic rings. The van der Waals surface area contributed by atoms with E-state index in [2.05, 4.69) is 0 Å². The van der Waals surface area contributed by atoms with Gasteiger partial charge in [0, 0.05) is 5.41 Å². The minimum Gasteiger partial charge on any atom is -0.497 e. The van der Waals surface area contributed by atoms with Crippen LogP contribution in [0.4, 0.5) is 0 Å². The van der Waals surface area contributed by atoms with Crippen LogP contribution in [0.2, 0.25) is 0 Å². The van der Waals surface area contributed by atoms with Crippen molar-refractivity contribution >= 4 is 5.97 Å². The molecule has 0 heterocycles. The van der Waals surface area contributed by atoms with Gasteiger partial charge in [-0.2, -0.15) is 0 Å². The second kappa shape index (κ2) is 5.40. The molecule has 98 valence electrons. The van der Waals surface area contributed by atoms with Crippen molar-refractivity contribution in [3.8, 4) is 5.75 Å². The summed E-state index contributed by atoms with van der Waals surface area (Å²) in [4.78, 5) is 10.7. The molecule has 2 rings (SSSR count). The van der Waals surface area contributed by atoms with Gasteiger partial charge in [0.1, 0.15) is 5.75 Å². The van der Waals surface area contributed by atoms with Crippen LogP contribution in [-0.2, 0) is 16.1 Å². The van der Waals surface area contributed by atoms with Crippen LogP contribution < -0.4 is 4.74 Å². The van der Waals surface area contributed by atoms with Crippen molar-refractivity contribution in [2.75, 3.05) is 13.7 Å². The van der Waals surface area contributed by atoms with E-state index in [-0.39, 0.29) is 11.8 Å². The first-order chi connectivity index (χ1) is 8.63. The van der Waals surface area contributed by atoms with E-state index in [1.54, 1.807) is 7.11 Å². The van der Waals surface area contributed by atoms with Crippen LogP contribution in [0.3, 0.4) is 0 Å².